The molecule has 1 aliphatic carbocycles. The first-order valence-electron chi connectivity index (χ1n) is 11.3. The van der Waals surface area contributed by atoms with Crippen molar-refractivity contribution in [2.75, 3.05) is 4.90 Å². The summed E-state index contributed by atoms with van der Waals surface area (Å²) >= 11 is 0. The zero-order valence-electron chi connectivity index (χ0n) is 18.9. The maximum absolute atomic E-state index is 5.20. The number of fused-ring (bicyclic) bond motifs is 3. The van der Waals surface area contributed by atoms with E-state index in [0.29, 0.717) is 11.8 Å². The lowest BCUT2D eigenvalue weighted by Gasteiger charge is -2.54. The number of amidine groups is 1. The maximum atomic E-state index is 5.20. The predicted octanol–water partition coefficient (Wildman–Crippen LogP) is 6.83. The molecule has 4 rings (SSSR count). The minimum Gasteiger partial charge on any atom is -0.301 e. The Kier molecular flexibility index (Phi) is 5.86. The summed E-state index contributed by atoms with van der Waals surface area (Å²) in [5.41, 5.74) is 3.45. The summed E-state index contributed by atoms with van der Waals surface area (Å²) in [4.78, 5) is 2.38. The standard InChI is InChI=1S/C28H33N3/c1-6-9-20-28(5)21(4)27-30(23-16-11-10-12-17-23)26(22(8-3)15-7-2)29-31(27)25-19-14-13-18-24(25)28/h7-17,19-21,24,27H,2-3,6,18H2,1,4-5H3/b20-9?,22-15+. The highest BCUT2D eigenvalue weighted by atomic mass is 15.6. The molecule has 1 fully saturated rings. The van der Waals surface area contributed by atoms with Crippen LogP contribution in [-0.4, -0.2) is 17.0 Å². The van der Waals surface area contributed by atoms with Crippen LogP contribution >= 0.6 is 0 Å². The molecular weight excluding hydrogens is 378 g/mol. The second-order valence-electron chi connectivity index (χ2n) is 8.72. The van der Waals surface area contributed by atoms with Crippen LogP contribution in [0.5, 0.6) is 0 Å². The molecule has 0 radical (unpaired) electrons. The highest BCUT2D eigenvalue weighted by molar-refractivity contribution is 6.13. The van der Waals surface area contributed by atoms with Crippen LogP contribution in [-0.2, 0) is 0 Å². The third kappa shape index (κ3) is 3.42. The fourth-order valence-corrected chi connectivity index (χ4v) is 5.22. The average Bonchev–Trinajstić information content (AvgIpc) is 3.21. The smallest absolute Gasteiger partial charge is 0.162 e. The van der Waals surface area contributed by atoms with Gasteiger partial charge in [0.2, 0.25) is 0 Å². The molecule has 0 spiro atoms. The Morgan fingerprint density at radius 2 is 2.03 bits per heavy atom. The molecule has 3 heteroatoms. The van der Waals surface area contributed by atoms with Crippen LogP contribution in [0.25, 0.3) is 0 Å². The Bertz CT molecular complexity index is 994. The molecule has 3 nitrogen and oxygen atoms in total. The Morgan fingerprint density at radius 1 is 1.26 bits per heavy atom. The normalized spacial score (nSPS) is 30.0. The van der Waals surface area contributed by atoms with Crippen molar-refractivity contribution >= 4 is 11.5 Å². The molecule has 31 heavy (non-hydrogen) atoms. The summed E-state index contributed by atoms with van der Waals surface area (Å²) in [7, 11) is 0. The number of hydrogen-bond acceptors (Lipinski definition) is 3. The van der Waals surface area contributed by atoms with Crippen molar-refractivity contribution in [3.05, 3.63) is 103 Å². The summed E-state index contributed by atoms with van der Waals surface area (Å²) in [6.45, 7) is 15.0. The molecule has 1 saturated heterocycles. The van der Waals surface area contributed by atoms with E-state index in [2.05, 4.69) is 105 Å². The van der Waals surface area contributed by atoms with E-state index in [1.807, 2.05) is 18.2 Å². The molecule has 160 valence electrons. The van der Waals surface area contributed by atoms with Crippen LogP contribution in [0, 0.1) is 17.3 Å². The SMILES string of the molecule is C=C/C=C(\C=C)C1=NN2C3=CC=CCC3C(C)(C=CCC)C(C)C2N1c1ccccc1. The fraction of sp³-hybridized carbons (Fsp3) is 0.321. The van der Waals surface area contributed by atoms with Gasteiger partial charge in [-0.25, -0.2) is 5.01 Å². The van der Waals surface area contributed by atoms with Gasteiger partial charge in [-0.05, 0) is 31.1 Å². The van der Waals surface area contributed by atoms with Gasteiger partial charge in [-0.3, -0.25) is 0 Å². The average molecular weight is 412 g/mol. The molecule has 0 bridgehead atoms. The van der Waals surface area contributed by atoms with Gasteiger partial charge in [-0.15, -0.1) is 0 Å². The molecule has 1 aromatic carbocycles. The Hall–Kier alpha value is -3.07. The van der Waals surface area contributed by atoms with Crippen molar-refractivity contribution in [2.45, 2.75) is 39.8 Å². The van der Waals surface area contributed by atoms with Crippen molar-refractivity contribution in [2.24, 2.45) is 22.4 Å². The quantitative estimate of drug-likeness (QED) is 0.377. The summed E-state index contributed by atoms with van der Waals surface area (Å²) in [5.74, 6) is 1.68. The number of benzene rings is 1. The minimum absolute atomic E-state index is 0.0300. The number of allylic oxidation sites excluding steroid dienone is 8. The van der Waals surface area contributed by atoms with Crippen LogP contribution < -0.4 is 4.90 Å². The fourth-order valence-electron chi connectivity index (χ4n) is 5.22. The highest BCUT2D eigenvalue weighted by Crippen LogP contribution is 2.55. The molecule has 4 atom stereocenters. The molecule has 3 aliphatic rings. The summed E-state index contributed by atoms with van der Waals surface area (Å²) in [6.07, 6.45) is 19.4. The van der Waals surface area contributed by atoms with Crippen molar-refractivity contribution in [3.63, 3.8) is 0 Å². The summed E-state index contributed by atoms with van der Waals surface area (Å²) in [6, 6.07) is 10.6. The number of hydrazone groups is 1. The topological polar surface area (TPSA) is 18.8 Å². The molecule has 2 heterocycles. The Balaban J connectivity index is 1.92. The van der Waals surface area contributed by atoms with Gasteiger partial charge in [0, 0.05) is 34.2 Å². The molecular formula is C28H33N3. The van der Waals surface area contributed by atoms with E-state index in [9.17, 15) is 0 Å². The molecule has 1 aromatic rings. The summed E-state index contributed by atoms with van der Waals surface area (Å²) < 4.78 is 0. The van der Waals surface area contributed by atoms with E-state index in [-0.39, 0.29) is 11.6 Å². The van der Waals surface area contributed by atoms with E-state index in [1.54, 1.807) is 0 Å². The van der Waals surface area contributed by atoms with Crippen LogP contribution in [0.2, 0.25) is 0 Å². The van der Waals surface area contributed by atoms with Crippen molar-refractivity contribution in [1.82, 2.24) is 5.01 Å². The van der Waals surface area contributed by atoms with E-state index < -0.39 is 0 Å². The first-order valence-corrected chi connectivity index (χ1v) is 11.3. The molecule has 0 aromatic heterocycles. The molecule has 2 aliphatic heterocycles. The molecule has 0 amide bonds. The van der Waals surface area contributed by atoms with Crippen LogP contribution in [0.4, 0.5) is 5.69 Å². The zero-order chi connectivity index (χ0) is 22.0. The third-order valence-electron chi connectivity index (χ3n) is 7.04. The van der Waals surface area contributed by atoms with Crippen molar-refractivity contribution in [1.29, 1.82) is 0 Å². The van der Waals surface area contributed by atoms with Gasteiger partial charge in [0.1, 0.15) is 6.17 Å². The lowest BCUT2D eigenvalue weighted by atomic mass is 9.61. The lowest BCUT2D eigenvalue weighted by Crippen LogP contribution is -2.58. The van der Waals surface area contributed by atoms with E-state index in [0.717, 1.165) is 29.9 Å². The van der Waals surface area contributed by atoms with E-state index in [4.69, 9.17) is 5.10 Å². The second-order valence-corrected chi connectivity index (χ2v) is 8.72. The second kappa shape index (κ2) is 8.58. The number of piperidine rings is 1. The number of nitrogens with zero attached hydrogens (tertiary/aromatic N) is 3. The van der Waals surface area contributed by atoms with Crippen LogP contribution in [0.15, 0.2) is 108 Å². The van der Waals surface area contributed by atoms with Gasteiger partial charge < -0.3 is 4.90 Å². The predicted molar refractivity (Wildman–Crippen MR) is 132 cm³/mol. The number of hydrogen-bond donors (Lipinski definition) is 0. The van der Waals surface area contributed by atoms with Crippen LogP contribution in [0.1, 0.15) is 33.6 Å². The molecule has 0 N–H and O–H groups in total. The van der Waals surface area contributed by atoms with Gasteiger partial charge in [0.15, 0.2) is 5.84 Å². The van der Waals surface area contributed by atoms with Gasteiger partial charge in [0.05, 0.1) is 0 Å². The zero-order valence-corrected chi connectivity index (χ0v) is 18.9. The molecule has 0 saturated carbocycles. The summed E-state index contributed by atoms with van der Waals surface area (Å²) in [5, 5.41) is 7.47. The lowest BCUT2D eigenvalue weighted by molar-refractivity contribution is 0.0320. The van der Waals surface area contributed by atoms with Gasteiger partial charge >= 0.3 is 0 Å². The van der Waals surface area contributed by atoms with Crippen molar-refractivity contribution < 1.29 is 0 Å². The first kappa shape index (κ1) is 21.2. The van der Waals surface area contributed by atoms with Crippen molar-refractivity contribution in [3.8, 4) is 0 Å². The Morgan fingerprint density at radius 3 is 2.71 bits per heavy atom. The van der Waals surface area contributed by atoms with Crippen LogP contribution in [0.3, 0.4) is 0 Å². The third-order valence-corrected chi connectivity index (χ3v) is 7.04. The monoisotopic (exact) mass is 411 g/mol. The maximum Gasteiger partial charge on any atom is 0.162 e. The number of rotatable bonds is 6. The number of anilines is 1. The largest absolute Gasteiger partial charge is 0.301 e. The van der Waals surface area contributed by atoms with Gasteiger partial charge in [-0.2, -0.15) is 5.10 Å². The van der Waals surface area contributed by atoms with E-state index in [1.165, 1.54) is 5.70 Å². The first-order chi connectivity index (χ1) is 15.1. The number of para-hydroxylation sites is 1. The molecule has 4 unspecified atom stereocenters. The minimum atomic E-state index is 0.0300. The van der Waals surface area contributed by atoms with E-state index >= 15 is 0 Å². The Labute approximate surface area is 187 Å². The van der Waals surface area contributed by atoms with Gasteiger partial charge in [-0.1, -0.05) is 94.7 Å². The van der Waals surface area contributed by atoms with Gasteiger partial charge in [0.25, 0.3) is 0 Å². The highest BCUT2D eigenvalue weighted by Gasteiger charge is 2.55.